The topological polar surface area (TPSA) is 48.3 Å². The predicted octanol–water partition coefficient (Wildman–Crippen LogP) is 3.97. The normalized spacial score (nSPS) is 11.4. The van der Waals surface area contributed by atoms with Gasteiger partial charge in [0.2, 0.25) is 0 Å². The average molecular weight is 344 g/mol. The smallest absolute Gasteiger partial charge is 0.306 e. The quantitative estimate of drug-likeness (QED) is 0.580. The summed E-state index contributed by atoms with van der Waals surface area (Å²) < 4.78 is 8.03. The van der Waals surface area contributed by atoms with E-state index in [1.54, 1.807) is 0 Å². The van der Waals surface area contributed by atoms with E-state index in [-0.39, 0.29) is 11.8 Å². The Kier molecular flexibility index (Phi) is 5.99. The van der Waals surface area contributed by atoms with E-state index in [9.17, 15) is 9.59 Å². The Hall–Kier alpha value is -1.10. The first-order valence-corrected chi connectivity index (χ1v) is 7.63. The van der Waals surface area contributed by atoms with Crippen LogP contribution < -0.4 is 0 Å². The molecule has 0 bridgehead atoms. The van der Waals surface area contributed by atoms with Crippen molar-refractivity contribution in [3.8, 4) is 0 Å². The Morgan fingerprint density at radius 1 is 1.35 bits per heavy atom. The largest absolute Gasteiger partial charge is 0.460 e. The molecule has 1 aromatic rings. The number of ketones is 1. The van der Waals surface area contributed by atoms with Gasteiger partial charge < -0.3 is 9.30 Å². The van der Waals surface area contributed by atoms with Crippen molar-refractivity contribution >= 4 is 27.7 Å². The summed E-state index contributed by atoms with van der Waals surface area (Å²) >= 11 is 3.38. The fourth-order valence-corrected chi connectivity index (χ4v) is 2.33. The van der Waals surface area contributed by atoms with Crippen LogP contribution in [-0.4, -0.2) is 21.9 Å². The molecule has 5 heteroatoms. The van der Waals surface area contributed by atoms with Gasteiger partial charge in [0.05, 0.1) is 5.69 Å². The third kappa shape index (κ3) is 5.49. The van der Waals surface area contributed by atoms with Crippen molar-refractivity contribution < 1.29 is 14.3 Å². The molecule has 0 aliphatic rings. The van der Waals surface area contributed by atoms with Gasteiger partial charge in [-0.25, -0.2) is 0 Å². The number of hydrogen-bond acceptors (Lipinski definition) is 3. The van der Waals surface area contributed by atoms with Crippen LogP contribution >= 0.6 is 15.9 Å². The highest BCUT2D eigenvalue weighted by Gasteiger charge is 2.16. The van der Waals surface area contributed by atoms with E-state index >= 15 is 0 Å². The number of halogens is 1. The number of nitrogens with zero attached hydrogens (tertiary/aromatic N) is 1. The van der Waals surface area contributed by atoms with E-state index in [0.717, 1.165) is 4.47 Å². The van der Waals surface area contributed by atoms with Crippen molar-refractivity contribution in [1.29, 1.82) is 0 Å². The molecule has 20 heavy (non-hydrogen) atoms. The molecule has 0 saturated carbocycles. The van der Waals surface area contributed by atoms with Crippen LogP contribution in [0, 0.1) is 0 Å². The number of carbonyl (C=O) groups excluding carboxylic acids is 2. The summed E-state index contributed by atoms with van der Waals surface area (Å²) in [6.45, 7) is 8.03. The molecule has 1 rings (SSSR count). The highest BCUT2D eigenvalue weighted by atomic mass is 79.9. The first-order valence-electron chi connectivity index (χ1n) is 6.83. The number of hydrogen-bond donors (Lipinski definition) is 0. The van der Waals surface area contributed by atoms with Crippen molar-refractivity contribution in [2.24, 2.45) is 0 Å². The summed E-state index contributed by atoms with van der Waals surface area (Å²) in [5.74, 6) is -0.0972. The highest BCUT2D eigenvalue weighted by molar-refractivity contribution is 9.10. The fraction of sp³-hybridized carbons (Fsp3) is 0.600. The lowest BCUT2D eigenvalue weighted by molar-refractivity contribution is -0.154. The number of Topliss-reactive ketones (excluding diaryl/α,β-unsaturated/α-hetero) is 1. The number of rotatable bonds is 6. The van der Waals surface area contributed by atoms with Crippen LogP contribution in [0.25, 0.3) is 0 Å². The minimum Gasteiger partial charge on any atom is -0.460 e. The lowest BCUT2D eigenvalue weighted by Crippen LogP contribution is -2.23. The van der Waals surface area contributed by atoms with Gasteiger partial charge in [-0.3, -0.25) is 9.59 Å². The summed E-state index contributed by atoms with van der Waals surface area (Å²) in [7, 11) is 0. The predicted molar refractivity (Wildman–Crippen MR) is 81.8 cm³/mol. The number of esters is 1. The molecule has 0 atom stereocenters. The molecule has 112 valence electrons. The zero-order valence-electron chi connectivity index (χ0n) is 12.5. The standard InChI is InChI=1S/C15H22BrNO3/c1-5-13(18)12-9-11(16)10-17(12)8-6-7-14(19)20-15(2,3)4/h9-10H,5-8H2,1-4H3. The van der Waals surface area contributed by atoms with Gasteiger partial charge in [0.15, 0.2) is 5.78 Å². The van der Waals surface area contributed by atoms with Crippen LogP contribution in [0.1, 0.15) is 57.4 Å². The number of aromatic nitrogens is 1. The summed E-state index contributed by atoms with van der Waals surface area (Å²) in [5, 5.41) is 0. The van der Waals surface area contributed by atoms with Crippen LogP contribution in [0.2, 0.25) is 0 Å². The lowest BCUT2D eigenvalue weighted by atomic mass is 10.2. The van der Waals surface area contributed by atoms with E-state index in [1.807, 2.05) is 44.5 Å². The molecule has 0 fully saturated rings. The maximum absolute atomic E-state index is 11.8. The van der Waals surface area contributed by atoms with E-state index in [1.165, 1.54) is 0 Å². The van der Waals surface area contributed by atoms with Gasteiger partial charge in [0, 0.05) is 30.1 Å². The highest BCUT2D eigenvalue weighted by Crippen LogP contribution is 2.17. The molecule has 1 heterocycles. The third-order valence-electron chi connectivity index (χ3n) is 2.67. The molecular weight excluding hydrogens is 322 g/mol. The number of aryl methyl sites for hydroxylation is 1. The monoisotopic (exact) mass is 343 g/mol. The molecule has 0 unspecified atom stereocenters. The summed E-state index contributed by atoms with van der Waals surface area (Å²) in [4.78, 5) is 23.4. The molecular formula is C15H22BrNO3. The Morgan fingerprint density at radius 2 is 2.00 bits per heavy atom. The minimum atomic E-state index is -0.448. The van der Waals surface area contributed by atoms with Crippen molar-refractivity contribution in [1.82, 2.24) is 4.57 Å². The molecule has 1 aromatic heterocycles. The number of ether oxygens (including phenoxy) is 1. The second kappa shape index (κ2) is 7.07. The number of carbonyl (C=O) groups is 2. The third-order valence-corrected chi connectivity index (χ3v) is 3.10. The maximum Gasteiger partial charge on any atom is 0.306 e. The zero-order chi connectivity index (χ0) is 15.3. The van der Waals surface area contributed by atoms with E-state index in [2.05, 4.69) is 15.9 Å². The zero-order valence-corrected chi connectivity index (χ0v) is 14.1. The summed E-state index contributed by atoms with van der Waals surface area (Å²) in [5.41, 5.74) is 0.236. The van der Waals surface area contributed by atoms with Crippen LogP contribution in [-0.2, 0) is 16.1 Å². The summed E-state index contributed by atoms with van der Waals surface area (Å²) in [6.07, 6.45) is 3.35. The lowest BCUT2D eigenvalue weighted by Gasteiger charge is -2.19. The molecule has 0 aliphatic carbocycles. The summed E-state index contributed by atoms with van der Waals surface area (Å²) in [6, 6.07) is 1.82. The Labute approximate surface area is 128 Å². The van der Waals surface area contributed by atoms with Gasteiger partial charge in [-0.05, 0) is 49.2 Å². The Balaban J connectivity index is 2.54. The minimum absolute atomic E-state index is 0.105. The molecule has 0 amide bonds. The van der Waals surface area contributed by atoms with Crippen LogP contribution in [0.5, 0.6) is 0 Å². The van der Waals surface area contributed by atoms with E-state index in [4.69, 9.17) is 4.74 Å². The van der Waals surface area contributed by atoms with E-state index < -0.39 is 5.60 Å². The van der Waals surface area contributed by atoms with Gasteiger partial charge in [-0.2, -0.15) is 0 Å². The van der Waals surface area contributed by atoms with E-state index in [0.29, 0.717) is 31.5 Å². The van der Waals surface area contributed by atoms with Gasteiger partial charge in [0.25, 0.3) is 0 Å². The van der Waals surface area contributed by atoms with Crippen LogP contribution in [0.4, 0.5) is 0 Å². The molecule has 0 radical (unpaired) electrons. The van der Waals surface area contributed by atoms with Gasteiger partial charge in [-0.15, -0.1) is 0 Å². The molecule has 0 aromatic carbocycles. The fourth-order valence-electron chi connectivity index (χ4n) is 1.86. The second-order valence-electron chi connectivity index (χ2n) is 5.70. The first kappa shape index (κ1) is 17.0. The molecule has 0 spiro atoms. The average Bonchev–Trinajstić information content (AvgIpc) is 2.67. The molecule has 0 aliphatic heterocycles. The SMILES string of the molecule is CCC(=O)c1cc(Br)cn1CCCC(=O)OC(C)(C)C. The molecule has 0 N–H and O–H groups in total. The van der Waals surface area contributed by atoms with Crippen molar-refractivity contribution in [3.05, 3.63) is 22.4 Å². The van der Waals surface area contributed by atoms with Crippen LogP contribution in [0.3, 0.4) is 0 Å². The Bertz CT molecular complexity index is 486. The van der Waals surface area contributed by atoms with Gasteiger partial charge >= 0.3 is 5.97 Å². The first-order chi connectivity index (χ1) is 9.23. The Morgan fingerprint density at radius 3 is 2.55 bits per heavy atom. The maximum atomic E-state index is 11.8. The van der Waals surface area contributed by atoms with Gasteiger partial charge in [0.1, 0.15) is 5.60 Å². The van der Waals surface area contributed by atoms with Crippen LogP contribution in [0.15, 0.2) is 16.7 Å². The molecule has 4 nitrogen and oxygen atoms in total. The van der Waals surface area contributed by atoms with Crippen molar-refractivity contribution in [2.75, 3.05) is 0 Å². The van der Waals surface area contributed by atoms with Gasteiger partial charge in [-0.1, -0.05) is 6.92 Å². The van der Waals surface area contributed by atoms with Crippen molar-refractivity contribution in [3.63, 3.8) is 0 Å². The molecule has 0 saturated heterocycles. The van der Waals surface area contributed by atoms with Crippen molar-refractivity contribution in [2.45, 2.75) is 59.1 Å². The second-order valence-corrected chi connectivity index (χ2v) is 6.62.